The minimum absolute atomic E-state index is 0.114. The summed E-state index contributed by atoms with van der Waals surface area (Å²) in [5.74, 6) is 0.114. The maximum absolute atomic E-state index is 11.4. The molecule has 0 radical (unpaired) electrons. The maximum atomic E-state index is 11.4. The zero-order valence-electron chi connectivity index (χ0n) is 7.68. The van der Waals surface area contributed by atoms with Crippen LogP contribution in [0.15, 0.2) is 23.0 Å². The quantitative estimate of drug-likeness (QED) is 0.352. The molecule has 2 nitrogen and oxygen atoms in total. The molecule has 1 N–H and O–H groups in total. The summed E-state index contributed by atoms with van der Waals surface area (Å²) in [6, 6.07) is 0. The summed E-state index contributed by atoms with van der Waals surface area (Å²) in [5.41, 5.74) is 3.36. The molecule has 0 spiro atoms. The lowest BCUT2D eigenvalue weighted by atomic mass is 9.80. The van der Waals surface area contributed by atoms with E-state index in [1.807, 2.05) is 0 Å². The van der Waals surface area contributed by atoms with Gasteiger partial charge in [0.25, 0.3) is 0 Å². The smallest absolute Gasteiger partial charge is 0.166 e. The molecule has 0 bridgehead atoms. The molecule has 2 rings (SSSR count). The van der Waals surface area contributed by atoms with Crippen LogP contribution in [0.5, 0.6) is 0 Å². The molecule has 2 heteroatoms. The number of aliphatic hydroxyl groups excluding tert-OH is 1. The summed E-state index contributed by atoms with van der Waals surface area (Å²) in [4.78, 5) is 11.4. The van der Waals surface area contributed by atoms with Gasteiger partial charge in [-0.1, -0.05) is 11.1 Å². The summed E-state index contributed by atoms with van der Waals surface area (Å²) in [5, 5.41) is 8.85. The fourth-order valence-electron chi connectivity index (χ4n) is 2.21. The van der Waals surface area contributed by atoms with Gasteiger partial charge in [-0.05, 0) is 25.7 Å². The van der Waals surface area contributed by atoms with Crippen LogP contribution in [0.4, 0.5) is 0 Å². The predicted molar refractivity (Wildman–Crippen MR) is 50.4 cm³/mol. The van der Waals surface area contributed by atoms with Crippen molar-refractivity contribution in [1.29, 1.82) is 0 Å². The molecule has 2 aliphatic rings. The maximum Gasteiger partial charge on any atom is 0.166 e. The number of hydrogen-bond acceptors (Lipinski definition) is 2. The van der Waals surface area contributed by atoms with Crippen molar-refractivity contribution in [2.45, 2.75) is 38.5 Å². The molecule has 0 saturated heterocycles. The second-order valence-electron chi connectivity index (χ2n) is 3.85. The molecule has 0 aromatic heterocycles. The molecule has 0 amide bonds. The molecule has 70 valence electrons. The zero-order valence-corrected chi connectivity index (χ0v) is 7.68. The summed E-state index contributed by atoms with van der Waals surface area (Å²) in [6.07, 6.45) is 6.93. The monoisotopic (exact) mass is 178 g/mol. The van der Waals surface area contributed by atoms with Gasteiger partial charge in [-0.15, -0.1) is 0 Å². The average Bonchev–Trinajstić information content (AvgIpc) is 2.17. The van der Waals surface area contributed by atoms with Crippen molar-refractivity contribution in [3.05, 3.63) is 23.0 Å². The fourth-order valence-corrected chi connectivity index (χ4v) is 2.21. The Morgan fingerprint density at radius 3 is 2.31 bits per heavy atom. The van der Waals surface area contributed by atoms with Gasteiger partial charge in [-0.25, -0.2) is 0 Å². The number of carbonyl (C=O) groups excluding carboxylic acids is 1. The fraction of sp³-hybridized carbons (Fsp3) is 0.545. The van der Waals surface area contributed by atoms with Gasteiger partial charge in [-0.3, -0.25) is 4.79 Å². The van der Waals surface area contributed by atoms with Crippen LogP contribution in [0.25, 0.3) is 0 Å². The van der Waals surface area contributed by atoms with Crippen molar-refractivity contribution in [3.8, 4) is 0 Å². The highest BCUT2D eigenvalue weighted by Gasteiger charge is 2.24. The highest BCUT2D eigenvalue weighted by atomic mass is 16.2. The van der Waals surface area contributed by atoms with Crippen LogP contribution in [0.2, 0.25) is 0 Å². The highest BCUT2D eigenvalue weighted by molar-refractivity contribution is 5.98. The molecule has 0 heterocycles. The second kappa shape index (κ2) is 3.36. The Hall–Kier alpha value is -1.05. The SMILES string of the molecule is O=C1CC2=C(CCCC2)C/C1=C/O. The number of allylic oxidation sites excluding steroid dienone is 3. The molecule has 0 saturated carbocycles. The van der Waals surface area contributed by atoms with Gasteiger partial charge in [0.15, 0.2) is 5.78 Å². The minimum Gasteiger partial charge on any atom is -0.515 e. The van der Waals surface area contributed by atoms with E-state index in [9.17, 15) is 4.79 Å². The lowest BCUT2D eigenvalue weighted by Gasteiger charge is -2.25. The molecular formula is C11H14O2. The van der Waals surface area contributed by atoms with Gasteiger partial charge >= 0.3 is 0 Å². The van der Waals surface area contributed by atoms with E-state index in [1.54, 1.807) is 0 Å². The van der Waals surface area contributed by atoms with E-state index in [0.29, 0.717) is 18.4 Å². The predicted octanol–water partition coefficient (Wildman–Crippen LogP) is 2.66. The van der Waals surface area contributed by atoms with Crippen LogP contribution in [0, 0.1) is 0 Å². The third-order valence-electron chi connectivity index (χ3n) is 3.00. The summed E-state index contributed by atoms with van der Waals surface area (Å²) >= 11 is 0. The van der Waals surface area contributed by atoms with Crippen molar-refractivity contribution in [1.82, 2.24) is 0 Å². The van der Waals surface area contributed by atoms with E-state index in [4.69, 9.17) is 5.11 Å². The largest absolute Gasteiger partial charge is 0.515 e. The Labute approximate surface area is 78.0 Å². The van der Waals surface area contributed by atoms with Gasteiger partial charge in [0.1, 0.15) is 0 Å². The highest BCUT2D eigenvalue weighted by Crippen LogP contribution is 2.35. The molecule has 0 unspecified atom stereocenters. The van der Waals surface area contributed by atoms with Gasteiger partial charge in [0.2, 0.25) is 0 Å². The normalized spacial score (nSPS) is 26.5. The van der Waals surface area contributed by atoms with E-state index in [1.165, 1.54) is 24.0 Å². The lowest BCUT2D eigenvalue weighted by molar-refractivity contribution is -0.115. The first kappa shape index (κ1) is 8.54. The number of rotatable bonds is 0. The Bertz CT molecular complexity index is 297. The van der Waals surface area contributed by atoms with Crippen molar-refractivity contribution in [2.24, 2.45) is 0 Å². The second-order valence-corrected chi connectivity index (χ2v) is 3.85. The third kappa shape index (κ3) is 1.53. The molecule has 2 aliphatic carbocycles. The number of ketones is 1. The van der Waals surface area contributed by atoms with E-state index in [0.717, 1.165) is 19.1 Å². The molecule has 0 aliphatic heterocycles. The topological polar surface area (TPSA) is 37.3 Å². The first-order valence-electron chi connectivity index (χ1n) is 4.87. The Balaban J connectivity index is 2.26. The van der Waals surface area contributed by atoms with Crippen molar-refractivity contribution in [3.63, 3.8) is 0 Å². The standard InChI is InChI=1S/C11H14O2/c12-7-10-5-8-3-1-2-4-9(8)6-11(10)13/h7,12H,1-6H2/b10-7-. The summed E-state index contributed by atoms with van der Waals surface area (Å²) < 4.78 is 0. The van der Waals surface area contributed by atoms with Gasteiger partial charge in [-0.2, -0.15) is 0 Å². The molecule has 0 fully saturated rings. The van der Waals surface area contributed by atoms with Crippen LogP contribution in [0.1, 0.15) is 38.5 Å². The zero-order chi connectivity index (χ0) is 9.26. The molecule has 0 atom stereocenters. The van der Waals surface area contributed by atoms with E-state index < -0.39 is 0 Å². The van der Waals surface area contributed by atoms with Crippen molar-refractivity contribution in [2.75, 3.05) is 0 Å². The minimum atomic E-state index is 0.114. The van der Waals surface area contributed by atoms with Crippen LogP contribution < -0.4 is 0 Å². The van der Waals surface area contributed by atoms with E-state index in [2.05, 4.69) is 0 Å². The van der Waals surface area contributed by atoms with Crippen molar-refractivity contribution < 1.29 is 9.90 Å². The summed E-state index contributed by atoms with van der Waals surface area (Å²) in [6.45, 7) is 0. The average molecular weight is 178 g/mol. The van der Waals surface area contributed by atoms with Crippen LogP contribution in [0.3, 0.4) is 0 Å². The Morgan fingerprint density at radius 2 is 1.69 bits per heavy atom. The number of hydrogen-bond donors (Lipinski definition) is 1. The molecule has 0 aromatic carbocycles. The molecule has 0 aromatic rings. The van der Waals surface area contributed by atoms with E-state index in [-0.39, 0.29) is 5.78 Å². The number of carbonyl (C=O) groups is 1. The van der Waals surface area contributed by atoms with Crippen LogP contribution >= 0.6 is 0 Å². The molecule has 13 heavy (non-hydrogen) atoms. The van der Waals surface area contributed by atoms with Crippen molar-refractivity contribution >= 4 is 5.78 Å². The number of aliphatic hydroxyl groups is 1. The Morgan fingerprint density at radius 1 is 1.08 bits per heavy atom. The van der Waals surface area contributed by atoms with Gasteiger partial charge in [0, 0.05) is 18.4 Å². The van der Waals surface area contributed by atoms with E-state index >= 15 is 0 Å². The number of Topliss-reactive ketones (excluding diaryl/α,β-unsaturated/α-hetero) is 1. The van der Waals surface area contributed by atoms with Crippen LogP contribution in [-0.4, -0.2) is 10.9 Å². The van der Waals surface area contributed by atoms with Gasteiger partial charge < -0.3 is 5.11 Å². The summed E-state index contributed by atoms with van der Waals surface area (Å²) in [7, 11) is 0. The third-order valence-corrected chi connectivity index (χ3v) is 3.00. The first-order valence-corrected chi connectivity index (χ1v) is 4.87. The molecular weight excluding hydrogens is 164 g/mol. The van der Waals surface area contributed by atoms with Crippen LogP contribution in [-0.2, 0) is 4.79 Å². The Kier molecular flexibility index (Phi) is 2.21. The first-order chi connectivity index (χ1) is 6.31. The lowest BCUT2D eigenvalue weighted by Crippen LogP contribution is -2.15. The van der Waals surface area contributed by atoms with Gasteiger partial charge in [0.05, 0.1) is 6.26 Å².